The normalized spacial score (nSPS) is 14.2. The SMILES string of the molecule is C#CCC(CC)NC(C)c1ccncc1. The standard InChI is InChI=1S/C13H18N2/c1-4-6-13(5-2)15-11(3)12-7-9-14-10-8-12/h1,7-11,13,15H,5-6H2,2-3H3. The third-order valence-electron chi connectivity index (χ3n) is 2.55. The number of terminal acetylenes is 1. The fourth-order valence-electron chi connectivity index (χ4n) is 1.57. The molecule has 2 unspecified atom stereocenters. The van der Waals surface area contributed by atoms with Gasteiger partial charge in [0.1, 0.15) is 0 Å². The van der Waals surface area contributed by atoms with Crippen LogP contribution in [0.5, 0.6) is 0 Å². The Bertz CT molecular complexity index is 313. The van der Waals surface area contributed by atoms with Gasteiger partial charge in [0.05, 0.1) is 0 Å². The third-order valence-corrected chi connectivity index (χ3v) is 2.55. The van der Waals surface area contributed by atoms with Gasteiger partial charge in [0.2, 0.25) is 0 Å². The van der Waals surface area contributed by atoms with Crippen LogP contribution in [0.1, 0.15) is 38.3 Å². The van der Waals surface area contributed by atoms with Crippen LogP contribution < -0.4 is 5.32 Å². The third kappa shape index (κ3) is 3.73. The van der Waals surface area contributed by atoms with Crippen molar-refractivity contribution in [3.8, 4) is 12.3 Å². The Morgan fingerprint density at radius 3 is 2.67 bits per heavy atom. The van der Waals surface area contributed by atoms with Gasteiger partial charge < -0.3 is 5.32 Å². The smallest absolute Gasteiger partial charge is 0.0295 e. The summed E-state index contributed by atoms with van der Waals surface area (Å²) in [5.74, 6) is 2.70. The molecule has 0 amide bonds. The predicted molar refractivity (Wildman–Crippen MR) is 63.3 cm³/mol. The first-order chi connectivity index (χ1) is 7.27. The topological polar surface area (TPSA) is 24.9 Å². The van der Waals surface area contributed by atoms with Gasteiger partial charge >= 0.3 is 0 Å². The van der Waals surface area contributed by atoms with E-state index >= 15 is 0 Å². The second-order valence-electron chi connectivity index (χ2n) is 3.68. The van der Waals surface area contributed by atoms with Crippen LogP contribution in [-0.2, 0) is 0 Å². The lowest BCUT2D eigenvalue weighted by Gasteiger charge is -2.20. The first-order valence-electron chi connectivity index (χ1n) is 5.37. The molecule has 1 aromatic rings. The summed E-state index contributed by atoms with van der Waals surface area (Å²) in [5.41, 5.74) is 1.25. The monoisotopic (exact) mass is 202 g/mol. The lowest BCUT2D eigenvalue weighted by Crippen LogP contribution is -2.30. The van der Waals surface area contributed by atoms with Gasteiger partial charge in [-0.1, -0.05) is 6.92 Å². The predicted octanol–water partition coefficient (Wildman–Crippen LogP) is 2.53. The molecule has 15 heavy (non-hydrogen) atoms. The minimum absolute atomic E-state index is 0.325. The maximum atomic E-state index is 5.32. The molecular formula is C13H18N2. The number of pyridine rings is 1. The van der Waals surface area contributed by atoms with Crippen LogP contribution in [0.4, 0.5) is 0 Å². The van der Waals surface area contributed by atoms with Gasteiger partial charge in [0, 0.05) is 30.9 Å². The van der Waals surface area contributed by atoms with Gasteiger partial charge in [-0.3, -0.25) is 4.98 Å². The Morgan fingerprint density at radius 2 is 2.13 bits per heavy atom. The lowest BCUT2D eigenvalue weighted by atomic mass is 10.1. The van der Waals surface area contributed by atoms with Gasteiger partial charge in [-0.15, -0.1) is 12.3 Å². The van der Waals surface area contributed by atoms with E-state index in [0.717, 1.165) is 12.8 Å². The molecule has 0 bridgehead atoms. The maximum absolute atomic E-state index is 5.32. The Balaban J connectivity index is 2.55. The highest BCUT2D eigenvalue weighted by Crippen LogP contribution is 2.12. The molecule has 1 aromatic heterocycles. The van der Waals surface area contributed by atoms with Crippen LogP contribution >= 0.6 is 0 Å². The second-order valence-corrected chi connectivity index (χ2v) is 3.68. The second kappa shape index (κ2) is 6.21. The van der Waals surface area contributed by atoms with E-state index < -0.39 is 0 Å². The summed E-state index contributed by atoms with van der Waals surface area (Å²) < 4.78 is 0. The average Bonchev–Trinajstić information content (AvgIpc) is 2.29. The number of nitrogens with one attached hydrogen (secondary N) is 1. The molecule has 0 aliphatic rings. The minimum atomic E-state index is 0.325. The van der Waals surface area contributed by atoms with Crippen molar-refractivity contribution in [2.75, 3.05) is 0 Å². The van der Waals surface area contributed by atoms with E-state index in [-0.39, 0.29) is 0 Å². The molecule has 0 radical (unpaired) electrons. The Morgan fingerprint density at radius 1 is 1.47 bits per heavy atom. The molecular weight excluding hydrogens is 184 g/mol. The summed E-state index contributed by atoms with van der Waals surface area (Å²) in [6.07, 6.45) is 10.8. The fraction of sp³-hybridized carbons (Fsp3) is 0.462. The Hall–Kier alpha value is -1.33. The van der Waals surface area contributed by atoms with Crippen molar-refractivity contribution in [3.63, 3.8) is 0 Å². The molecule has 1 heterocycles. The molecule has 0 saturated heterocycles. The van der Waals surface area contributed by atoms with E-state index in [9.17, 15) is 0 Å². The van der Waals surface area contributed by atoms with Crippen LogP contribution in [0.25, 0.3) is 0 Å². The van der Waals surface area contributed by atoms with E-state index in [4.69, 9.17) is 6.42 Å². The molecule has 2 heteroatoms. The van der Waals surface area contributed by atoms with Crippen LogP contribution in [0.2, 0.25) is 0 Å². The molecule has 80 valence electrons. The van der Waals surface area contributed by atoms with Crippen LogP contribution in [0.15, 0.2) is 24.5 Å². The van der Waals surface area contributed by atoms with Crippen molar-refractivity contribution < 1.29 is 0 Å². The van der Waals surface area contributed by atoms with E-state index in [0.29, 0.717) is 12.1 Å². The summed E-state index contributed by atoms with van der Waals surface area (Å²) in [6, 6.07) is 4.78. The molecule has 0 spiro atoms. The Labute approximate surface area is 92.1 Å². The number of nitrogens with zero attached hydrogens (tertiary/aromatic N) is 1. The number of rotatable bonds is 5. The summed E-state index contributed by atoms with van der Waals surface area (Å²) in [6.45, 7) is 4.29. The molecule has 2 atom stereocenters. The number of hydrogen-bond acceptors (Lipinski definition) is 2. The van der Waals surface area contributed by atoms with Crippen molar-refractivity contribution in [2.45, 2.75) is 38.8 Å². The summed E-state index contributed by atoms with van der Waals surface area (Å²) in [7, 11) is 0. The zero-order valence-electron chi connectivity index (χ0n) is 9.40. The van der Waals surface area contributed by atoms with Crippen molar-refractivity contribution in [3.05, 3.63) is 30.1 Å². The molecule has 2 nitrogen and oxygen atoms in total. The highest BCUT2D eigenvalue weighted by molar-refractivity contribution is 5.14. The van der Waals surface area contributed by atoms with Crippen molar-refractivity contribution in [2.24, 2.45) is 0 Å². The first-order valence-corrected chi connectivity index (χ1v) is 5.37. The molecule has 0 aromatic carbocycles. The van der Waals surface area contributed by atoms with Crippen LogP contribution in [-0.4, -0.2) is 11.0 Å². The van der Waals surface area contributed by atoms with Crippen LogP contribution in [0, 0.1) is 12.3 Å². The van der Waals surface area contributed by atoms with Gasteiger partial charge in [-0.2, -0.15) is 0 Å². The Kier molecular flexibility index (Phi) is 4.86. The van der Waals surface area contributed by atoms with Gasteiger partial charge in [-0.05, 0) is 31.0 Å². The average molecular weight is 202 g/mol. The summed E-state index contributed by atoms with van der Waals surface area (Å²) in [4.78, 5) is 4.00. The van der Waals surface area contributed by atoms with Crippen molar-refractivity contribution >= 4 is 0 Å². The lowest BCUT2D eigenvalue weighted by molar-refractivity contribution is 0.449. The highest BCUT2D eigenvalue weighted by Gasteiger charge is 2.10. The molecule has 0 saturated carbocycles. The van der Waals surface area contributed by atoms with Gasteiger partial charge in [0.25, 0.3) is 0 Å². The molecule has 1 rings (SSSR count). The zero-order valence-corrected chi connectivity index (χ0v) is 9.40. The quantitative estimate of drug-likeness (QED) is 0.742. The largest absolute Gasteiger partial charge is 0.307 e. The summed E-state index contributed by atoms with van der Waals surface area (Å²) >= 11 is 0. The van der Waals surface area contributed by atoms with E-state index in [2.05, 4.69) is 30.1 Å². The first kappa shape index (κ1) is 11.7. The van der Waals surface area contributed by atoms with Crippen LogP contribution in [0.3, 0.4) is 0 Å². The molecule has 0 fully saturated rings. The van der Waals surface area contributed by atoms with E-state index in [1.807, 2.05) is 24.5 Å². The number of aromatic nitrogens is 1. The molecule has 0 aliphatic heterocycles. The van der Waals surface area contributed by atoms with Gasteiger partial charge in [-0.25, -0.2) is 0 Å². The number of hydrogen-bond donors (Lipinski definition) is 1. The van der Waals surface area contributed by atoms with Gasteiger partial charge in [0.15, 0.2) is 0 Å². The highest BCUT2D eigenvalue weighted by atomic mass is 14.9. The molecule has 1 N–H and O–H groups in total. The zero-order chi connectivity index (χ0) is 11.1. The maximum Gasteiger partial charge on any atom is 0.0295 e. The van der Waals surface area contributed by atoms with Crippen molar-refractivity contribution in [1.29, 1.82) is 0 Å². The molecule has 0 aliphatic carbocycles. The van der Waals surface area contributed by atoms with E-state index in [1.165, 1.54) is 5.56 Å². The summed E-state index contributed by atoms with van der Waals surface area (Å²) in [5, 5.41) is 3.51. The van der Waals surface area contributed by atoms with E-state index in [1.54, 1.807) is 0 Å². The fourth-order valence-corrected chi connectivity index (χ4v) is 1.57. The van der Waals surface area contributed by atoms with Crippen molar-refractivity contribution in [1.82, 2.24) is 10.3 Å². The minimum Gasteiger partial charge on any atom is -0.307 e.